The highest BCUT2D eigenvalue weighted by molar-refractivity contribution is 7.89. The summed E-state index contributed by atoms with van der Waals surface area (Å²) in [5, 5.41) is 4.33. The zero-order valence-electron chi connectivity index (χ0n) is 18.5. The Morgan fingerprint density at radius 1 is 1.00 bits per heavy atom. The summed E-state index contributed by atoms with van der Waals surface area (Å²) in [5.41, 5.74) is 0.812. The van der Waals surface area contributed by atoms with Gasteiger partial charge in [0.1, 0.15) is 11.4 Å². The van der Waals surface area contributed by atoms with E-state index >= 15 is 0 Å². The molecule has 1 aliphatic heterocycles. The number of carbonyl (C=O) groups is 1. The van der Waals surface area contributed by atoms with Crippen molar-refractivity contribution >= 4 is 26.0 Å². The first-order valence-corrected chi connectivity index (χ1v) is 13.5. The van der Waals surface area contributed by atoms with Crippen molar-refractivity contribution in [3.8, 4) is 0 Å². The van der Waals surface area contributed by atoms with Gasteiger partial charge >= 0.3 is 0 Å². The number of hydrogen-bond acceptors (Lipinski definition) is 6. The molecule has 30 heavy (non-hydrogen) atoms. The van der Waals surface area contributed by atoms with E-state index in [0.29, 0.717) is 50.4 Å². The second kappa shape index (κ2) is 9.75. The van der Waals surface area contributed by atoms with Crippen LogP contribution in [0.15, 0.2) is 4.90 Å². The fraction of sp³-hybridized carbons (Fsp3) is 0.778. The van der Waals surface area contributed by atoms with Gasteiger partial charge in [-0.05, 0) is 26.7 Å². The molecule has 0 unspecified atom stereocenters. The van der Waals surface area contributed by atoms with Crippen molar-refractivity contribution in [2.24, 2.45) is 0 Å². The summed E-state index contributed by atoms with van der Waals surface area (Å²) in [4.78, 5) is 14.5. The molecule has 12 heteroatoms. The quantitative estimate of drug-likeness (QED) is 0.524. The number of amides is 1. The number of carbonyl (C=O) groups excluding carboxylic acids is 1. The fourth-order valence-corrected chi connectivity index (χ4v) is 6.51. The molecule has 1 aromatic heterocycles. The van der Waals surface area contributed by atoms with Gasteiger partial charge in [-0.1, -0.05) is 13.8 Å². The van der Waals surface area contributed by atoms with Gasteiger partial charge < -0.3 is 4.90 Å². The number of rotatable bonds is 9. The molecule has 0 N–H and O–H groups in total. The van der Waals surface area contributed by atoms with Crippen molar-refractivity contribution in [3.63, 3.8) is 0 Å². The number of aromatic nitrogens is 2. The molecule has 0 atom stereocenters. The first-order chi connectivity index (χ1) is 13.9. The van der Waals surface area contributed by atoms with Crippen LogP contribution in [0.25, 0.3) is 0 Å². The van der Waals surface area contributed by atoms with Gasteiger partial charge in [-0.3, -0.25) is 9.48 Å². The first-order valence-electron chi connectivity index (χ1n) is 10.2. The third-order valence-electron chi connectivity index (χ3n) is 5.20. The largest absolute Gasteiger partial charge is 0.338 e. The van der Waals surface area contributed by atoms with Crippen LogP contribution >= 0.6 is 0 Å². The molecule has 0 bridgehead atoms. The minimum absolute atomic E-state index is 0.0807. The molecule has 172 valence electrons. The van der Waals surface area contributed by atoms with Gasteiger partial charge in [-0.15, -0.1) is 0 Å². The highest BCUT2D eigenvalue weighted by Crippen LogP contribution is 2.24. The Bertz CT molecular complexity index is 957. The summed E-state index contributed by atoms with van der Waals surface area (Å²) >= 11 is 0. The predicted molar refractivity (Wildman–Crippen MR) is 114 cm³/mol. The highest BCUT2D eigenvalue weighted by Gasteiger charge is 2.31. The monoisotopic (exact) mass is 463 g/mol. The maximum Gasteiger partial charge on any atom is 0.246 e. The highest BCUT2D eigenvalue weighted by atomic mass is 32.2. The average Bonchev–Trinajstić information content (AvgIpc) is 2.94. The molecule has 1 aliphatic rings. The second-order valence-corrected chi connectivity index (χ2v) is 11.5. The first kappa shape index (κ1) is 24.8. The summed E-state index contributed by atoms with van der Waals surface area (Å²) in [5.74, 6) is -0.211. The zero-order valence-corrected chi connectivity index (χ0v) is 20.1. The molecule has 1 aromatic rings. The Morgan fingerprint density at radius 3 is 2.00 bits per heavy atom. The third kappa shape index (κ3) is 5.40. The SMILES string of the molecule is CCCN(CCC)S(=O)(=O)c1c(C)nn(CC(=O)N2CCN(S(C)(=O)=O)CC2)c1C. The molecular weight excluding hydrogens is 430 g/mol. The zero-order chi connectivity index (χ0) is 22.7. The second-order valence-electron chi connectivity index (χ2n) is 7.60. The number of nitrogens with zero attached hydrogens (tertiary/aromatic N) is 5. The van der Waals surface area contributed by atoms with Gasteiger partial charge in [-0.2, -0.15) is 13.7 Å². The molecule has 0 radical (unpaired) electrons. The van der Waals surface area contributed by atoms with E-state index in [9.17, 15) is 21.6 Å². The lowest BCUT2D eigenvalue weighted by molar-refractivity contribution is -0.133. The summed E-state index contributed by atoms with van der Waals surface area (Å²) in [6.45, 7) is 9.08. The average molecular weight is 464 g/mol. The molecule has 1 saturated heterocycles. The van der Waals surface area contributed by atoms with Crippen LogP contribution in [0.4, 0.5) is 0 Å². The molecule has 1 amide bonds. The van der Waals surface area contributed by atoms with E-state index in [1.807, 2.05) is 13.8 Å². The van der Waals surface area contributed by atoms with Gasteiger partial charge in [-0.25, -0.2) is 16.8 Å². The van der Waals surface area contributed by atoms with Gasteiger partial charge in [0.25, 0.3) is 0 Å². The predicted octanol–water partition coefficient (Wildman–Crippen LogP) is 0.414. The van der Waals surface area contributed by atoms with Crippen LogP contribution in [0.3, 0.4) is 0 Å². The molecule has 0 aliphatic carbocycles. The van der Waals surface area contributed by atoms with E-state index in [4.69, 9.17) is 0 Å². The van der Waals surface area contributed by atoms with E-state index < -0.39 is 20.0 Å². The van der Waals surface area contributed by atoms with Gasteiger partial charge in [0.15, 0.2) is 0 Å². The fourth-order valence-electron chi connectivity index (χ4n) is 3.69. The van der Waals surface area contributed by atoms with Crippen molar-refractivity contribution < 1.29 is 21.6 Å². The van der Waals surface area contributed by atoms with Gasteiger partial charge in [0.05, 0.1) is 17.6 Å². The van der Waals surface area contributed by atoms with E-state index in [1.54, 1.807) is 18.7 Å². The third-order valence-corrected chi connectivity index (χ3v) is 8.66. The van der Waals surface area contributed by atoms with E-state index in [1.165, 1.54) is 13.3 Å². The normalized spacial score (nSPS) is 16.4. The number of piperazine rings is 1. The summed E-state index contributed by atoms with van der Waals surface area (Å²) < 4.78 is 53.9. The van der Waals surface area contributed by atoms with Gasteiger partial charge in [0.2, 0.25) is 26.0 Å². The standard InChI is InChI=1S/C18H33N5O5S2/c1-6-8-22(9-7-2)30(27,28)18-15(3)19-23(16(18)4)14-17(24)20-10-12-21(13-11-20)29(5,25)26/h6-14H2,1-5H3. The minimum atomic E-state index is -3.70. The molecule has 1 fully saturated rings. The number of hydrogen-bond donors (Lipinski definition) is 0. The van der Waals surface area contributed by atoms with E-state index in [0.717, 1.165) is 6.26 Å². The molecule has 2 rings (SSSR count). The van der Waals surface area contributed by atoms with Crippen LogP contribution in [-0.4, -0.2) is 91.6 Å². The Balaban J connectivity index is 2.19. The molecule has 0 spiro atoms. The maximum absolute atomic E-state index is 13.2. The molecule has 0 saturated carbocycles. The maximum atomic E-state index is 13.2. The lowest BCUT2D eigenvalue weighted by atomic mass is 10.3. The summed E-state index contributed by atoms with van der Waals surface area (Å²) in [6.07, 6.45) is 2.58. The van der Waals surface area contributed by atoms with Crippen molar-refractivity contribution in [2.45, 2.75) is 52.0 Å². The van der Waals surface area contributed by atoms with Gasteiger partial charge in [0, 0.05) is 39.3 Å². The topological polar surface area (TPSA) is 113 Å². The van der Waals surface area contributed by atoms with Crippen molar-refractivity contribution in [3.05, 3.63) is 11.4 Å². The Hall–Kier alpha value is -1.50. The van der Waals surface area contributed by atoms with Crippen LogP contribution in [0.2, 0.25) is 0 Å². The minimum Gasteiger partial charge on any atom is -0.338 e. The van der Waals surface area contributed by atoms with Crippen LogP contribution in [0, 0.1) is 13.8 Å². The number of aryl methyl sites for hydroxylation is 1. The van der Waals surface area contributed by atoms with Crippen molar-refractivity contribution in [1.82, 2.24) is 23.3 Å². The smallest absolute Gasteiger partial charge is 0.246 e. The summed E-state index contributed by atoms with van der Waals surface area (Å²) in [6, 6.07) is 0. The van der Waals surface area contributed by atoms with Crippen LogP contribution in [0.5, 0.6) is 0 Å². The Kier molecular flexibility index (Phi) is 8.05. The lowest BCUT2D eigenvalue weighted by Gasteiger charge is -2.33. The van der Waals surface area contributed by atoms with Crippen LogP contribution in [0.1, 0.15) is 38.1 Å². The summed E-state index contributed by atoms with van der Waals surface area (Å²) in [7, 11) is -6.97. The molecular formula is C18H33N5O5S2. The van der Waals surface area contributed by atoms with Crippen LogP contribution < -0.4 is 0 Å². The number of sulfonamides is 2. The van der Waals surface area contributed by atoms with E-state index in [-0.39, 0.29) is 30.4 Å². The van der Waals surface area contributed by atoms with E-state index in [2.05, 4.69) is 5.10 Å². The van der Waals surface area contributed by atoms with Crippen LogP contribution in [-0.2, 0) is 31.4 Å². The lowest BCUT2D eigenvalue weighted by Crippen LogP contribution is -2.51. The van der Waals surface area contributed by atoms with Crippen molar-refractivity contribution in [1.29, 1.82) is 0 Å². The Morgan fingerprint density at radius 2 is 1.53 bits per heavy atom. The molecule has 10 nitrogen and oxygen atoms in total. The molecule has 0 aromatic carbocycles. The van der Waals surface area contributed by atoms with Crippen molar-refractivity contribution in [2.75, 3.05) is 45.5 Å². The Labute approximate surface area is 179 Å². The molecule has 2 heterocycles.